The molecule has 0 fully saturated rings. The summed E-state index contributed by atoms with van der Waals surface area (Å²) in [7, 11) is 0. The van der Waals surface area contributed by atoms with Crippen LogP contribution in [-0.4, -0.2) is 19.3 Å². The van der Waals surface area contributed by atoms with Crippen LogP contribution in [0.3, 0.4) is 0 Å². The second-order valence-corrected chi connectivity index (χ2v) is 6.19. The standard InChI is InChI=1S/C15H16Cl2N4/c1-10-8-18-20(9-10)6-7-21-14-12(17)4-3-5-13(14)19-15(21)11(2)16/h3-5,8-9,11H,6-7H2,1-2H3. The van der Waals surface area contributed by atoms with Gasteiger partial charge in [0.15, 0.2) is 0 Å². The first-order chi connectivity index (χ1) is 10.1. The molecule has 0 saturated carbocycles. The monoisotopic (exact) mass is 322 g/mol. The number of benzene rings is 1. The zero-order valence-corrected chi connectivity index (χ0v) is 13.4. The Labute approximate surface area is 133 Å². The smallest absolute Gasteiger partial charge is 0.127 e. The van der Waals surface area contributed by atoms with Gasteiger partial charge < -0.3 is 4.57 Å². The molecule has 0 amide bonds. The topological polar surface area (TPSA) is 35.6 Å². The molecule has 0 N–H and O–H groups in total. The third-order valence-electron chi connectivity index (χ3n) is 3.42. The Morgan fingerprint density at radius 2 is 2.10 bits per heavy atom. The van der Waals surface area contributed by atoms with Gasteiger partial charge in [-0.05, 0) is 31.5 Å². The van der Waals surface area contributed by atoms with E-state index in [0.29, 0.717) is 5.02 Å². The van der Waals surface area contributed by atoms with Crippen LogP contribution >= 0.6 is 23.2 Å². The van der Waals surface area contributed by atoms with E-state index in [1.165, 1.54) is 0 Å². The number of nitrogens with zero attached hydrogens (tertiary/aromatic N) is 4. The van der Waals surface area contributed by atoms with Gasteiger partial charge in [-0.25, -0.2) is 4.98 Å². The van der Waals surface area contributed by atoms with Crippen molar-refractivity contribution in [2.45, 2.75) is 32.3 Å². The number of hydrogen-bond donors (Lipinski definition) is 0. The summed E-state index contributed by atoms with van der Waals surface area (Å²) in [6.45, 7) is 5.43. The van der Waals surface area contributed by atoms with Crippen LogP contribution in [0.5, 0.6) is 0 Å². The van der Waals surface area contributed by atoms with Crippen LogP contribution in [0.4, 0.5) is 0 Å². The fraction of sp³-hybridized carbons (Fsp3) is 0.333. The van der Waals surface area contributed by atoms with Crippen molar-refractivity contribution in [3.8, 4) is 0 Å². The van der Waals surface area contributed by atoms with E-state index in [2.05, 4.69) is 14.6 Å². The van der Waals surface area contributed by atoms with Crippen molar-refractivity contribution in [2.75, 3.05) is 0 Å². The summed E-state index contributed by atoms with van der Waals surface area (Å²) in [5.74, 6) is 0.837. The Morgan fingerprint density at radius 1 is 1.29 bits per heavy atom. The average Bonchev–Trinajstić information content (AvgIpc) is 3.01. The van der Waals surface area contributed by atoms with Gasteiger partial charge in [-0.15, -0.1) is 11.6 Å². The largest absolute Gasteiger partial charge is 0.324 e. The number of halogens is 2. The van der Waals surface area contributed by atoms with E-state index in [1.807, 2.05) is 49.1 Å². The molecule has 0 radical (unpaired) electrons. The molecule has 2 aromatic heterocycles. The van der Waals surface area contributed by atoms with E-state index in [-0.39, 0.29) is 5.38 Å². The first-order valence-corrected chi connectivity index (χ1v) is 7.65. The van der Waals surface area contributed by atoms with E-state index in [0.717, 1.165) is 35.5 Å². The van der Waals surface area contributed by atoms with Crippen LogP contribution in [0.1, 0.15) is 23.7 Å². The number of imidazole rings is 1. The zero-order chi connectivity index (χ0) is 15.0. The highest BCUT2D eigenvalue weighted by Gasteiger charge is 2.16. The number of aromatic nitrogens is 4. The van der Waals surface area contributed by atoms with Gasteiger partial charge in [-0.2, -0.15) is 5.10 Å². The molecule has 3 aromatic rings. The quantitative estimate of drug-likeness (QED) is 0.675. The molecule has 3 rings (SSSR count). The van der Waals surface area contributed by atoms with Gasteiger partial charge in [0.25, 0.3) is 0 Å². The van der Waals surface area contributed by atoms with E-state index in [9.17, 15) is 0 Å². The minimum absolute atomic E-state index is 0.173. The van der Waals surface area contributed by atoms with Crippen molar-refractivity contribution >= 4 is 34.2 Å². The second-order valence-electron chi connectivity index (χ2n) is 5.13. The number of aryl methyl sites for hydroxylation is 3. The molecular weight excluding hydrogens is 307 g/mol. The van der Waals surface area contributed by atoms with Gasteiger partial charge >= 0.3 is 0 Å². The Balaban J connectivity index is 2.00. The lowest BCUT2D eigenvalue weighted by atomic mass is 10.3. The summed E-state index contributed by atoms with van der Waals surface area (Å²) in [6, 6.07) is 5.74. The fourth-order valence-electron chi connectivity index (χ4n) is 2.48. The number of rotatable bonds is 4. The second kappa shape index (κ2) is 5.70. The molecule has 0 aliphatic heterocycles. The lowest BCUT2D eigenvalue weighted by Crippen LogP contribution is -2.11. The van der Waals surface area contributed by atoms with Gasteiger partial charge in [0.05, 0.1) is 34.2 Å². The van der Waals surface area contributed by atoms with Gasteiger partial charge in [-0.1, -0.05) is 17.7 Å². The van der Waals surface area contributed by atoms with E-state index in [4.69, 9.17) is 23.2 Å². The van der Waals surface area contributed by atoms with Crippen LogP contribution < -0.4 is 0 Å². The Kier molecular flexibility index (Phi) is 3.91. The van der Waals surface area contributed by atoms with Crippen molar-refractivity contribution in [2.24, 2.45) is 0 Å². The number of fused-ring (bicyclic) bond motifs is 1. The van der Waals surface area contributed by atoms with Gasteiger partial charge in [0.1, 0.15) is 5.82 Å². The zero-order valence-electron chi connectivity index (χ0n) is 11.9. The van der Waals surface area contributed by atoms with Gasteiger partial charge in [-0.3, -0.25) is 4.68 Å². The molecule has 1 unspecified atom stereocenters. The Morgan fingerprint density at radius 3 is 2.76 bits per heavy atom. The molecule has 0 bridgehead atoms. The van der Waals surface area contributed by atoms with Gasteiger partial charge in [0.2, 0.25) is 0 Å². The normalized spacial score (nSPS) is 13.0. The number of alkyl halides is 1. The first-order valence-electron chi connectivity index (χ1n) is 6.84. The van der Waals surface area contributed by atoms with Crippen LogP contribution in [0.25, 0.3) is 11.0 Å². The molecular formula is C15H16Cl2N4. The third kappa shape index (κ3) is 2.78. The third-order valence-corrected chi connectivity index (χ3v) is 3.92. The SMILES string of the molecule is Cc1cnn(CCn2c(C(C)Cl)nc3cccc(Cl)c32)c1. The molecule has 0 aliphatic carbocycles. The maximum absolute atomic E-state index is 6.34. The number of para-hydroxylation sites is 1. The summed E-state index contributed by atoms with van der Waals surface area (Å²) >= 11 is 12.6. The first kappa shape index (κ1) is 14.4. The molecule has 0 spiro atoms. The van der Waals surface area contributed by atoms with E-state index >= 15 is 0 Å². The highest BCUT2D eigenvalue weighted by Crippen LogP contribution is 2.29. The Bertz CT molecular complexity index is 773. The molecule has 110 valence electrons. The maximum Gasteiger partial charge on any atom is 0.127 e. The predicted molar refractivity (Wildman–Crippen MR) is 86.0 cm³/mol. The predicted octanol–water partition coefficient (Wildman–Crippen LogP) is 4.19. The van der Waals surface area contributed by atoms with Crippen LogP contribution in [-0.2, 0) is 13.1 Å². The van der Waals surface area contributed by atoms with Crippen molar-refractivity contribution < 1.29 is 0 Å². The molecule has 0 saturated heterocycles. The van der Waals surface area contributed by atoms with Crippen molar-refractivity contribution in [1.82, 2.24) is 19.3 Å². The van der Waals surface area contributed by atoms with Crippen molar-refractivity contribution in [3.63, 3.8) is 0 Å². The van der Waals surface area contributed by atoms with Crippen molar-refractivity contribution in [3.05, 3.63) is 47.0 Å². The maximum atomic E-state index is 6.34. The van der Waals surface area contributed by atoms with Crippen LogP contribution in [0.2, 0.25) is 5.02 Å². The van der Waals surface area contributed by atoms with Crippen LogP contribution in [0.15, 0.2) is 30.6 Å². The van der Waals surface area contributed by atoms with Crippen LogP contribution in [0, 0.1) is 6.92 Å². The summed E-state index contributed by atoms with van der Waals surface area (Å²) < 4.78 is 4.01. The van der Waals surface area contributed by atoms with E-state index in [1.54, 1.807) is 0 Å². The highest BCUT2D eigenvalue weighted by atomic mass is 35.5. The van der Waals surface area contributed by atoms with E-state index < -0.39 is 0 Å². The average molecular weight is 323 g/mol. The molecule has 21 heavy (non-hydrogen) atoms. The summed E-state index contributed by atoms with van der Waals surface area (Å²) in [4.78, 5) is 4.61. The molecule has 0 aliphatic rings. The molecule has 1 aromatic carbocycles. The number of hydrogen-bond acceptors (Lipinski definition) is 2. The molecule has 1 atom stereocenters. The summed E-state index contributed by atoms with van der Waals surface area (Å²) in [6.07, 6.45) is 3.87. The lowest BCUT2D eigenvalue weighted by Gasteiger charge is -2.11. The minimum Gasteiger partial charge on any atom is -0.324 e. The fourth-order valence-corrected chi connectivity index (χ4v) is 2.92. The van der Waals surface area contributed by atoms with Crippen molar-refractivity contribution in [1.29, 1.82) is 0 Å². The molecule has 2 heterocycles. The van der Waals surface area contributed by atoms with Gasteiger partial charge in [0, 0.05) is 12.7 Å². The molecule has 4 nitrogen and oxygen atoms in total. The minimum atomic E-state index is -0.173. The summed E-state index contributed by atoms with van der Waals surface area (Å²) in [5.41, 5.74) is 2.96. The highest BCUT2D eigenvalue weighted by molar-refractivity contribution is 6.35. The summed E-state index contributed by atoms with van der Waals surface area (Å²) in [5, 5.41) is 4.83. The molecule has 6 heteroatoms. The Hall–Kier alpha value is -1.52. The lowest BCUT2D eigenvalue weighted by molar-refractivity contribution is 0.528.